The molecule has 1 amide bonds. The van der Waals surface area contributed by atoms with Crippen LogP contribution in [0, 0.1) is 6.92 Å². The Bertz CT molecular complexity index is 629. The monoisotopic (exact) mass is 287 g/mol. The summed E-state index contributed by atoms with van der Waals surface area (Å²) in [6.07, 6.45) is 0. The molecule has 2 heterocycles. The molecule has 5 heteroatoms. The number of H-pyrrole nitrogens is 1. The highest BCUT2D eigenvalue weighted by Crippen LogP contribution is 2.16. The number of aromatic amines is 1. The Labute approximate surface area is 124 Å². The normalized spacial score (nSPS) is 16.2. The van der Waals surface area contributed by atoms with E-state index >= 15 is 0 Å². The molecular weight excluding hydrogens is 266 g/mol. The first kappa shape index (κ1) is 14.1. The number of aryl methyl sites for hydroxylation is 1. The molecule has 1 fully saturated rings. The molecule has 1 aliphatic heterocycles. The van der Waals surface area contributed by atoms with E-state index in [1.54, 1.807) is 0 Å². The molecule has 21 heavy (non-hydrogen) atoms. The fourth-order valence-corrected chi connectivity index (χ4v) is 2.67. The lowest BCUT2D eigenvalue weighted by atomic mass is 10.1. The van der Waals surface area contributed by atoms with E-state index in [2.05, 4.69) is 21.3 Å². The summed E-state index contributed by atoms with van der Waals surface area (Å²) in [4.78, 5) is 17.7. The predicted octanol–water partition coefficient (Wildman–Crippen LogP) is 1.54. The average molecular weight is 287 g/mol. The molecule has 1 aromatic heterocycles. The van der Waals surface area contributed by atoms with Crippen molar-refractivity contribution < 1.29 is 9.53 Å². The van der Waals surface area contributed by atoms with E-state index in [4.69, 9.17) is 4.74 Å². The van der Waals surface area contributed by atoms with Crippen LogP contribution in [0.2, 0.25) is 0 Å². The second-order valence-electron chi connectivity index (χ2n) is 5.46. The van der Waals surface area contributed by atoms with Crippen LogP contribution in [0.1, 0.15) is 16.1 Å². The van der Waals surface area contributed by atoms with E-state index in [1.807, 2.05) is 25.1 Å². The van der Waals surface area contributed by atoms with Gasteiger partial charge in [-0.25, -0.2) is 0 Å². The number of amides is 1. The number of hydrogen-bond acceptors (Lipinski definition) is 3. The van der Waals surface area contributed by atoms with Crippen molar-refractivity contribution in [1.29, 1.82) is 0 Å². The smallest absolute Gasteiger partial charge is 0.251 e. The molecule has 0 radical (unpaired) electrons. The van der Waals surface area contributed by atoms with Gasteiger partial charge < -0.3 is 15.0 Å². The topological polar surface area (TPSA) is 57.4 Å². The maximum atomic E-state index is 12.2. The second kappa shape index (κ2) is 6.28. The molecule has 0 bridgehead atoms. The number of nitrogens with zero attached hydrogens (tertiary/aromatic N) is 1. The van der Waals surface area contributed by atoms with Gasteiger partial charge in [-0.3, -0.25) is 9.69 Å². The van der Waals surface area contributed by atoms with Gasteiger partial charge >= 0.3 is 0 Å². The van der Waals surface area contributed by atoms with Crippen LogP contribution in [0.4, 0.5) is 0 Å². The number of morpholine rings is 1. The summed E-state index contributed by atoms with van der Waals surface area (Å²) in [5, 5.41) is 4.06. The van der Waals surface area contributed by atoms with Gasteiger partial charge in [-0.2, -0.15) is 0 Å². The Balaban J connectivity index is 1.55. The van der Waals surface area contributed by atoms with Gasteiger partial charge in [0.2, 0.25) is 0 Å². The molecule has 3 rings (SSSR count). The SMILES string of the molecule is Cc1cc2cc(C(=O)NCCN3CCOCC3)ccc2[nH]1. The first-order valence-corrected chi connectivity index (χ1v) is 7.40. The van der Waals surface area contributed by atoms with E-state index in [0.717, 1.165) is 49.4 Å². The Kier molecular flexibility index (Phi) is 4.22. The van der Waals surface area contributed by atoms with E-state index in [1.165, 1.54) is 0 Å². The number of aromatic nitrogens is 1. The highest BCUT2D eigenvalue weighted by Gasteiger charge is 2.11. The van der Waals surface area contributed by atoms with Crippen molar-refractivity contribution >= 4 is 16.8 Å². The minimum atomic E-state index is -0.0102. The Morgan fingerprint density at radius 2 is 2.14 bits per heavy atom. The van der Waals surface area contributed by atoms with Gasteiger partial charge in [0.1, 0.15) is 0 Å². The maximum Gasteiger partial charge on any atom is 0.251 e. The molecule has 1 aromatic carbocycles. The molecular formula is C16H21N3O2. The number of carbonyl (C=O) groups excluding carboxylic acids is 1. The highest BCUT2D eigenvalue weighted by atomic mass is 16.5. The van der Waals surface area contributed by atoms with E-state index in [0.29, 0.717) is 12.1 Å². The van der Waals surface area contributed by atoms with Crippen LogP contribution in [0.25, 0.3) is 10.9 Å². The number of benzene rings is 1. The molecule has 0 unspecified atom stereocenters. The van der Waals surface area contributed by atoms with Crippen LogP contribution < -0.4 is 5.32 Å². The molecule has 112 valence electrons. The summed E-state index contributed by atoms with van der Waals surface area (Å²) in [6, 6.07) is 7.81. The van der Waals surface area contributed by atoms with Gasteiger partial charge in [0.25, 0.3) is 5.91 Å². The van der Waals surface area contributed by atoms with Crippen molar-refractivity contribution in [2.75, 3.05) is 39.4 Å². The summed E-state index contributed by atoms with van der Waals surface area (Å²) < 4.78 is 5.31. The average Bonchev–Trinajstić information content (AvgIpc) is 2.87. The first-order chi connectivity index (χ1) is 10.2. The summed E-state index contributed by atoms with van der Waals surface area (Å²) >= 11 is 0. The third-order valence-corrected chi connectivity index (χ3v) is 3.83. The predicted molar refractivity (Wildman–Crippen MR) is 82.6 cm³/mol. The lowest BCUT2D eigenvalue weighted by Gasteiger charge is -2.26. The van der Waals surface area contributed by atoms with Crippen LogP contribution in [-0.4, -0.2) is 55.2 Å². The zero-order valence-electron chi connectivity index (χ0n) is 12.3. The van der Waals surface area contributed by atoms with Gasteiger partial charge in [-0.15, -0.1) is 0 Å². The molecule has 0 atom stereocenters. The van der Waals surface area contributed by atoms with Crippen LogP contribution >= 0.6 is 0 Å². The fraction of sp³-hybridized carbons (Fsp3) is 0.438. The Hall–Kier alpha value is -1.85. The summed E-state index contributed by atoms with van der Waals surface area (Å²) in [5.74, 6) is -0.0102. The molecule has 1 aliphatic rings. The van der Waals surface area contributed by atoms with Crippen molar-refractivity contribution in [2.24, 2.45) is 0 Å². The standard InChI is InChI=1S/C16H21N3O2/c1-12-10-14-11-13(2-3-15(14)18-12)16(20)17-4-5-19-6-8-21-9-7-19/h2-3,10-11,18H,4-9H2,1H3,(H,17,20). The summed E-state index contributed by atoms with van der Waals surface area (Å²) in [6.45, 7) is 7.04. The summed E-state index contributed by atoms with van der Waals surface area (Å²) in [5.41, 5.74) is 2.88. The number of rotatable bonds is 4. The number of ether oxygens (including phenoxy) is 1. The highest BCUT2D eigenvalue weighted by molar-refractivity contribution is 5.98. The minimum Gasteiger partial charge on any atom is -0.379 e. The number of fused-ring (bicyclic) bond motifs is 1. The van der Waals surface area contributed by atoms with Crippen molar-refractivity contribution in [3.05, 3.63) is 35.5 Å². The van der Waals surface area contributed by atoms with Crippen LogP contribution in [0.3, 0.4) is 0 Å². The summed E-state index contributed by atoms with van der Waals surface area (Å²) in [7, 11) is 0. The van der Waals surface area contributed by atoms with Gasteiger partial charge in [0.15, 0.2) is 0 Å². The zero-order valence-corrected chi connectivity index (χ0v) is 12.3. The van der Waals surface area contributed by atoms with Crippen molar-refractivity contribution in [1.82, 2.24) is 15.2 Å². The molecule has 2 N–H and O–H groups in total. The molecule has 5 nitrogen and oxygen atoms in total. The fourth-order valence-electron chi connectivity index (χ4n) is 2.67. The second-order valence-corrected chi connectivity index (χ2v) is 5.46. The minimum absolute atomic E-state index is 0.0102. The van der Waals surface area contributed by atoms with Crippen LogP contribution in [-0.2, 0) is 4.74 Å². The maximum absolute atomic E-state index is 12.2. The third-order valence-electron chi connectivity index (χ3n) is 3.83. The molecule has 1 saturated heterocycles. The molecule has 0 saturated carbocycles. The van der Waals surface area contributed by atoms with Crippen LogP contribution in [0.15, 0.2) is 24.3 Å². The van der Waals surface area contributed by atoms with Gasteiger partial charge in [0.05, 0.1) is 13.2 Å². The van der Waals surface area contributed by atoms with Crippen LogP contribution in [0.5, 0.6) is 0 Å². The van der Waals surface area contributed by atoms with Gasteiger partial charge in [-0.05, 0) is 31.2 Å². The quantitative estimate of drug-likeness (QED) is 0.897. The van der Waals surface area contributed by atoms with Gasteiger partial charge in [0, 0.05) is 48.3 Å². The van der Waals surface area contributed by atoms with E-state index < -0.39 is 0 Å². The number of nitrogens with one attached hydrogen (secondary N) is 2. The largest absolute Gasteiger partial charge is 0.379 e. The lowest BCUT2D eigenvalue weighted by Crippen LogP contribution is -2.41. The molecule has 0 aliphatic carbocycles. The van der Waals surface area contributed by atoms with E-state index in [-0.39, 0.29) is 5.91 Å². The zero-order chi connectivity index (χ0) is 14.7. The van der Waals surface area contributed by atoms with Crippen molar-refractivity contribution in [3.63, 3.8) is 0 Å². The van der Waals surface area contributed by atoms with E-state index in [9.17, 15) is 4.79 Å². The lowest BCUT2D eigenvalue weighted by molar-refractivity contribution is 0.0383. The van der Waals surface area contributed by atoms with Crippen molar-refractivity contribution in [2.45, 2.75) is 6.92 Å². The third kappa shape index (κ3) is 3.43. The van der Waals surface area contributed by atoms with Crippen molar-refractivity contribution in [3.8, 4) is 0 Å². The first-order valence-electron chi connectivity index (χ1n) is 7.40. The van der Waals surface area contributed by atoms with Gasteiger partial charge in [-0.1, -0.05) is 0 Å². The molecule has 2 aromatic rings. The Morgan fingerprint density at radius 3 is 2.95 bits per heavy atom. The molecule has 0 spiro atoms. The number of hydrogen-bond donors (Lipinski definition) is 2. The number of carbonyl (C=O) groups is 1. The Morgan fingerprint density at radius 1 is 1.33 bits per heavy atom.